The molecule has 0 fully saturated rings. The number of halogens is 1. The van der Waals surface area contributed by atoms with Crippen LogP contribution in [0.15, 0.2) is 42.5 Å². The van der Waals surface area contributed by atoms with E-state index < -0.39 is 5.97 Å². The van der Waals surface area contributed by atoms with E-state index in [1.807, 2.05) is 36.4 Å². The Balaban J connectivity index is 2.35. The third-order valence-corrected chi connectivity index (χ3v) is 2.92. The molecule has 0 aromatic heterocycles. The first kappa shape index (κ1) is 12.7. The average molecular weight is 261 g/mol. The fourth-order valence-electron chi connectivity index (χ4n) is 1.78. The van der Waals surface area contributed by atoms with Crippen LogP contribution in [0.3, 0.4) is 0 Å². The Kier molecular flexibility index (Phi) is 4.00. The Morgan fingerprint density at radius 3 is 2.61 bits per heavy atom. The molecule has 2 aromatic rings. The number of fused-ring (bicyclic) bond motifs is 1. The van der Waals surface area contributed by atoms with Crippen molar-refractivity contribution >= 4 is 34.4 Å². The Hall–Kier alpha value is -1.80. The molecule has 0 spiro atoms. The molecule has 0 unspecified atom stereocenters. The number of carbonyl (C=O) groups is 1. The van der Waals surface area contributed by atoms with Crippen LogP contribution >= 0.6 is 11.6 Å². The maximum absolute atomic E-state index is 10.9. The summed E-state index contributed by atoms with van der Waals surface area (Å²) in [5.41, 5.74) is 1.41. The van der Waals surface area contributed by atoms with Crippen molar-refractivity contribution in [3.8, 4) is 0 Å². The quantitative estimate of drug-likeness (QED) is 0.838. The lowest BCUT2D eigenvalue weighted by molar-refractivity contribution is 0.0697. The number of hydrogen-bond acceptors (Lipinski definition) is 1. The highest BCUT2D eigenvalue weighted by molar-refractivity contribution is 6.17. The molecule has 92 valence electrons. The summed E-state index contributed by atoms with van der Waals surface area (Å²) in [6, 6.07) is 11.1. The molecule has 3 heteroatoms. The van der Waals surface area contributed by atoms with Crippen LogP contribution in [0.4, 0.5) is 0 Å². The first-order valence-corrected chi connectivity index (χ1v) is 6.24. The van der Waals surface area contributed by atoms with E-state index in [9.17, 15) is 4.79 Å². The summed E-state index contributed by atoms with van der Waals surface area (Å²) >= 11 is 5.60. The van der Waals surface area contributed by atoms with Crippen molar-refractivity contribution in [2.75, 3.05) is 5.88 Å². The number of carboxylic acid groups (broad SMARTS) is 1. The standard InChI is InChI=1S/C15H13ClO2/c16-8-2-1-3-11-4-5-13-10-14(15(17)18)7-6-12(13)9-11/h1,3-7,9-10H,2,8H2,(H,17,18). The zero-order valence-corrected chi connectivity index (χ0v) is 10.5. The van der Waals surface area contributed by atoms with E-state index in [0.29, 0.717) is 11.4 Å². The molecule has 2 rings (SSSR count). The predicted octanol–water partition coefficient (Wildman–Crippen LogP) is 4.18. The van der Waals surface area contributed by atoms with E-state index in [4.69, 9.17) is 16.7 Å². The van der Waals surface area contributed by atoms with E-state index in [2.05, 4.69) is 0 Å². The molecule has 0 bridgehead atoms. The van der Waals surface area contributed by atoms with Gasteiger partial charge in [0.1, 0.15) is 0 Å². The van der Waals surface area contributed by atoms with Crippen LogP contribution in [0.5, 0.6) is 0 Å². The van der Waals surface area contributed by atoms with Crippen LogP contribution in [0.2, 0.25) is 0 Å². The molecule has 2 aromatic carbocycles. The van der Waals surface area contributed by atoms with Gasteiger partial charge in [0.15, 0.2) is 0 Å². The fraction of sp³-hybridized carbons (Fsp3) is 0.133. The molecule has 0 heterocycles. The Morgan fingerprint density at radius 1 is 1.17 bits per heavy atom. The topological polar surface area (TPSA) is 37.3 Å². The zero-order valence-electron chi connectivity index (χ0n) is 9.77. The summed E-state index contributed by atoms with van der Waals surface area (Å²) in [6.07, 6.45) is 4.89. The van der Waals surface area contributed by atoms with Gasteiger partial charge in [-0.2, -0.15) is 0 Å². The van der Waals surface area contributed by atoms with Crippen molar-refractivity contribution < 1.29 is 9.90 Å². The third kappa shape index (κ3) is 2.90. The van der Waals surface area contributed by atoms with Crippen molar-refractivity contribution in [3.63, 3.8) is 0 Å². The minimum absolute atomic E-state index is 0.313. The monoisotopic (exact) mass is 260 g/mol. The SMILES string of the molecule is O=C(O)c1ccc2cc(C=CCCCl)ccc2c1. The summed E-state index contributed by atoms with van der Waals surface area (Å²) in [4.78, 5) is 10.9. The van der Waals surface area contributed by atoms with Gasteiger partial charge in [-0.25, -0.2) is 4.79 Å². The molecular weight excluding hydrogens is 248 g/mol. The van der Waals surface area contributed by atoms with Crippen LogP contribution in [-0.2, 0) is 0 Å². The second-order valence-electron chi connectivity index (χ2n) is 4.01. The third-order valence-electron chi connectivity index (χ3n) is 2.70. The Morgan fingerprint density at radius 2 is 1.89 bits per heavy atom. The molecule has 1 N–H and O–H groups in total. The smallest absolute Gasteiger partial charge is 0.335 e. The van der Waals surface area contributed by atoms with Gasteiger partial charge in [-0.15, -0.1) is 11.6 Å². The average Bonchev–Trinajstić information content (AvgIpc) is 2.38. The lowest BCUT2D eigenvalue weighted by atomic mass is 10.0. The lowest BCUT2D eigenvalue weighted by Crippen LogP contribution is -1.95. The van der Waals surface area contributed by atoms with Gasteiger partial charge >= 0.3 is 5.97 Å². The highest BCUT2D eigenvalue weighted by Crippen LogP contribution is 2.19. The minimum Gasteiger partial charge on any atom is -0.478 e. The molecule has 0 saturated carbocycles. The number of rotatable bonds is 4. The van der Waals surface area contributed by atoms with Crippen LogP contribution in [0, 0.1) is 0 Å². The molecule has 2 nitrogen and oxygen atoms in total. The summed E-state index contributed by atoms with van der Waals surface area (Å²) in [6.45, 7) is 0. The molecule has 18 heavy (non-hydrogen) atoms. The number of carboxylic acids is 1. The molecule has 0 saturated heterocycles. The number of alkyl halides is 1. The van der Waals surface area contributed by atoms with E-state index in [0.717, 1.165) is 22.8 Å². The molecule has 0 atom stereocenters. The highest BCUT2D eigenvalue weighted by Gasteiger charge is 2.03. The van der Waals surface area contributed by atoms with Gasteiger partial charge in [0.05, 0.1) is 5.56 Å². The summed E-state index contributed by atoms with van der Waals surface area (Å²) in [5, 5.41) is 10.9. The fourth-order valence-corrected chi connectivity index (χ4v) is 1.91. The van der Waals surface area contributed by atoms with Crippen LogP contribution in [0.1, 0.15) is 22.3 Å². The molecule has 0 amide bonds. The lowest BCUT2D eigenvalue weighted by Gasteiger charge is -2.01. The van der Waals surface area contributed by atoms with Gasteiger partial charge < -0.3 is 5.11 Å². The maximum Gasteiger partial charge on any atom is 0.335 e. The minimum atomic E-state index is -0.900. The van der Waals surface area contributed by atoms with Crippen molar-refractivity contribution in [2.24, 2.45) is 0 Å². The molecule has 0 aliphatic rings. The number of hydrogen-bond donors (Lipinski definition) is 1. The molecule has 0 aliphatic carbocycles. The van der Waals surface area contributed by atoms with E-state index >= 15 is 0 Å². The van der Waals surface area contributed by atoms with Gasteiger partial charge in [0.2, 0.25) is 0 Å². The van der Waals surface area contributed by atoms with Crippen molar-refractivity contribution in [1.29, 1.82) is 0 Å². The summed E-state index contributed by atoms with van der Waals surface area (Å²) < 4.78 is 0. The second kappa shape index (κ2) is 5.69. The molecular formula is C15H13ClO2. The first-order chi connectivity index (χ1) is 8.70. The summed E-state index contributed by atoms with van der Waals surface area (Å²) in [5.74, 6) is -0.283. The number of aromatic carboxylic acids is 1. The number of allylic oxidation sites excluding steroid dienone is 1. The van der Waals surface area contributed by atoms with Gasteiger partial charge in [-0.3, -0.25) is 0 Å². The Bertz CT molecular complexity index is 602. The normalized spacial score (nSPS) is 11.2. The summed E-state index contributed by atoms with van der Waals surface area (Å²) in [7, 11) is 0. The molecule has 0 radical (unpaired) electrons. The van der Waals surface area contributed by atoms with E-state index in [1.165, 1.54) is 0 Å². The van der Waals surface area contributed by atoms with Crippen molar-refractivity contribution in [2.45, 2.75) is 6.42 Å². The van der Waals surface area contributed by atoms with Crippen LogP contribution in [-0.4, -0.2) is 17.0 Å². The maximum atomic E-state index is 10.9. The second-order valence-corrected chi connectivity index (χ2v) is 4.38. The van der Waals surface area contributed by atoms with Gasteiger partial charge in [-0.1, -0.05) is 30.4 Å². The van der Waals surface area contributed by atoms with Crippen molar-refractivity contribution in [1.82, 2.24) is 0 Å². The van der Waals surface area contributed by atoms with Gasteiger partial charge in [-0.05, 0) is 41.0 Å². The van der Waals surface area contributed by atoms with E-state index in [1.54, 1.807) is 12.1 Å². The first-order valence-electron chi connectivity index (χ1n) is 5.70. The zero-order chi connectivity index (χ0) is 13.0. The Labute approximate surface area is 111 Å². The molecule has 0 aliphatic heterocycles. The van der Waals surface area contributed by atoms with Gasteiger partial charge in [0, 0.05) is 5.88 Å². The largest absolute Gasteiger partial charge is 0.478 e. The van der Waals surface area contributed by atoms with Gasteiger partial charge in [0.25, 0.3) is 0 Å². The van der Waals surface area contributed by atoms with Crippen LogP contribution in [0.25, 0.3) is 16.8 Å². The highest BCUT2D eigenvalue weighted by atomic mass is 35.5. The van der Waals surface area contributed by atoms with Crippen LogP contribution < -0.4 is 0 Å². The number of benzene rings is 2. The van der Waals surface area contributed by atoms with E-state index in [-0.39, 0.29) is 0 Å². The van der Waals surface area contributed by atoms with Crippen molar-refractivity contribution in [3.05, 3.63) is 53.6 Å². The predicted molar refractivity (Wildman–Crippen MR) is 75.3 cm³/mol.